The van der Waals surface area contributed by atoms with Crippen LogP contribution >= 0.6 is 0 Å². The van der Waals surface area contributed by atoms with E-state index in [1.807, 2.05) is 13.8 Å². The maximum absolute atomic E-state index is 11.5. The number of carbonyl (C=O) groups is 1. The second-order valence-electron chi connectivity index (χ2n) is 4.04. The van der Waals surface area contributed by atoms with Crippen molar-refractivity contribution in [1.82, 2.24) is 5.32 Å². The van der Waals surface area contributed by atoms with Gasteiger partial charge in [-0.05, 0) is 37.1 Å². The van der Waals surface area contributed by atoms with E-state index in [0.717, 1.165) is 6.42 Å². The van der Waals surface area contributed by atoms with Crippen molar-refractivity contribution in [1.29, 1.82) is 0 Å². The number of benzene rings is 1. The zero-order valence-corrected chi connectivity index (χ0v) is 10.2. The number of hydrogen-bond acceptors (Lipinski definition) is 3. The minimum atomic E-state index is -1.07. The maximum Gasteiger partial charge on any atom is 0.328 e. The summed E-state index contributed by atoms with van der Waals surface area (Å²) in [7, 11) is 0. The first kappa shape index (κ1) is 13.5. The molecule has 1 rings (SSSR count). The van der Waals surface area contributed by atoms with Crippen LogP contribution < -0.4 is 5.32 Å². The van der Waals surface area contributed by atoms with Crippen molar-refractivity contribution >= 4 is 5.97 Å². The Labute approximate surface area is 101 Å². The lowest BCUT2D eigenvalue weighted by molar-refractivity contribution is -0.145. The van der Waals surface area contributed by atoms with Gasteiger partial charge in [0.25, 0.3) is 0 Å². The fourth-order valence-corrected chi connectivity index (χ4v) is 1.87. The molecule has 0 aromatic heterocycles. The smallest absolute Gasteiger partial charge is 0.328 e. The van der Waals surface area contributed by atoms with Gasteiger partial charge in [-0.25, -0.2) is 4.79 Å². The number of phenols is 1. The lowest BCUT2D eigenvalue weighted by Crippen LogP contribution is -2.49. The summed E-state index contributed by atoms with van der Waals surface area (Å²) in [5, 5.41) is 21.8. The van der Waals surface area contributed by atoms with Gasteiger partial charge < -0.3 is 10.2 Å². The molecule has 0 fully saturated rings. The standard InChI is InChI=1S/C13H19NO3/c1-3-9-14-13(4-2,12(16)17)10-5-7-11(15)8-6-10/h5-8,14-15H,3-4,9H2,1-2H3,(H,16,17). The molecule has 0 aliphatic carbocycles. The van der Waals surface area contributed by atoms with Crippen molar-refractivity contribution in [2.75, 3.05) is 6.54 Å². The molecule has 1 aromatic carbocycles. The van der Waals surface area contributed by atoms with E-state index in [1.165, 1.54) is 12.1 Å². The van der Waals surface area contributed by atoms with Gasteiger partial charge in [-0.3, -0.25) is 5.32 Å². The van der Waals surface area contributed by atoms with Crippen LogP contribution in [0.5, 0.6) is 5.75 Å². The Morgan fingerprint density at radius 3 is 2.29 bits per heavy atom. The Morgan fingerprint density at radius 1 is 1.29 bits per heavy atom. The topological polar surface area (TPSA) is 69.6 Å². The van der Waals surface area contributed by atoms with E-state index < -0.39 is 11.5 Å². The molecule has 4 heteroatoms. The van der Waals surface area contributed by atoms with Gasteiger partial charge in [0.1, 0.15) is 11.3 Å². The number of carboxylic acids is 1. The molecule has 1 unspecified atom stereocenters. The first-order valence-corrected chi connectivity index (χ1v) is 5.84. The molecule has 0 heterocycles. The average Bonchev–Trinajstić information content (AvgIpc) is 2.32. The van der Waals surface area contributed by atoms with E-state index in [2.05, 4.69) is 5.32 Å². The Hall–Kier alpha value is -1.55. The molecule has 1 aromatic rings. The molecule has 4 nitrogen and oxygen atoms in total. The van der Waals surface area contributed by atoms with E-state index in [9.17, 15) is 15.0 Å². The lowest BCUT2D eigenvalue weighted by atomic mass is 9.87. The summed E-state index contributed by atoms with van der Waals surface area (Å²) in [6.45, 7) is 4.47. The molecular weight excluding hydrogens is 218 g/mol. The highest BCUT2D eigenvalue weighted by molar-refractivity contribution is 5.80. The summed E-state index contributed by atoms with van der Waals surface area (Å²) in [4.78, 5) is 11.5. The normalized spacial score (nSPS) is 14.2. The van der Waals surface area contributed by atoms with Crippen LogP contribution in [-0.4, -0.2) is 22.7 Å². The average molecular weight is 237 g/mol. The fraction of sp³-hybridized carbons (Fsp3) is 0.462. The maximum atomic E-state index is 11.5. The molecule has 1 atom stereocenters. The molecule has 0 amide bonds. The van der Waals surface area contributed by atoms with Crippen molar-refractivity contribution in [3.63, 3.8) is 0 Å². The van der Waals surface area contributed by atoms with Gasteiger partial charge in [0, 0.05) is 0 Å². The first-order chi connectivity index (χ1) is 8.06. The van der Waals surface area contributed by atoms with Crippen molar-refractivity contribution in [2.45, 2.75) is 32.2 Å². The Kier molecular flexibility index (Phi) is 4.52. The number of carboxylic acid groups (broad SMARTS) is 1. The van der Waals surface area contributed by atoms with Crippen LogP contribution in [-0.2, 0) is 10.3 Å². The highest BCUT2D eigenvalue weighted by Crippen LogP contribution is 2.27. The minimum absolute atomic E-state index is 0.139. The summed E-state index contributed by atoms with van der Waals surface area (Å²) in [6, 6.07) is 6.32. The quantitative estimate of drug-likeness (QED) is 0.708. The zero-order valence-electron chi connectivity index (χ0n) is 10.2. The molecule has 0 bridgehead atoms. The monoisotopic (exact) mass is 237 g/mol. The number of aromatic hydroxyl groups is 1. The predicted molar refractivity (Wildman–Crippen MR) is 66.0 cm³/mol. The Bertz CT molecular complexity index is 375. The third-order valence-corrected chi connectivity index (χ3v) is 2.93. The summed E-state index contributed by atoms with van der Waals surface area (Å²) in [6.07, 6.45) is 1.32. The van der Waals surface area contributed by atoms with Gasteiger partial charge in [-0.2, -0.15) is 0 Å². The van der Waals surface area contributed by atoms with Crippen molar-refractivity contribution in [3.8, 4) is 5.75 Å². The summed E-state index contributed by atoms with van der Waals surface area (Å²) in [5.41, 5.74) is -0.400. The molecule has 0 saturated carbocycles. The van der Waals surface area contributed by atoms with Crippen LogP contribution in [0, 0.1) is 0 Å². The van der Waals surface area contributed by atoms with Crippen LogP contribution in [0.25, 0.3) is 0 Å². The van der Waals surface area contributed by atoms with E-state index in [4.69, 9.17) is 0 Å². The largest absolute Gasteiger partial charge is 0.508 e. The van der Waals surface area contributed by atoms with E-state index in [-0.39, 0.29) is 5.75 Å². The molecule has 17 heavy (non-hydrogen) atoms. The second-order valence-corrected chi connectivity index (χ2v) is 4.04. The molecule has 0 aliphatic heterocycles. The van der Waals surface area contributed by atoms with Gasteiger partial charge in [0.05, 0.1) is 0 Å². The van der Waals surface area contributed by atoms with Crippen LogP contribution in [0.2, 0.25) is 0 Å². The van der Waals surface area contributed by atoms with Gasteiger partial charge in [-0.15, -0.1) is 0 Å². The van der Waals surface area contributed by atoms with Crippen molar-refractivity contribution in [2.24, 2.45) is 0 Å². The molecule has 3 N–H and O–H groups in total. The summed E-state index contributed by atoms with van der Waals surface area (Å²) < 4.78 is 0. The van der Waals surface area contributed by atoms with E-state index >= 15 is 0 Å². The number of aliphatic carboxylic acids is 1. The van der Waals surface area contributed by atoms with Gasteiger partial charge in [0.15, 0.2) is 0 Å². The number of rotatable bonds is 6. The molecule has 0 aliphatic rings. The second kappa shape index (κ2) is 5.68. The fourth-order valence-electron chi connectivity index (χ4n) is 1.87. The van der Waals surface area contributed by atoms with Gasteiger partial charge in [-0.1, -0.05) is 26.0 Å². The Morgan fingerprint density at radius 2 is 1.88 bits per heavy atom. The van der Waals surface area contributed by atoms with Crippen molar-refractivity contribution in [3.05, 3.63) is 29.8 Å². The highest BCUT2D eigenvalue weighted by Gasteiger charge is 2.37. The zero-order chi connectivity index (χ0) is 12.9. The number of hydrogen-bond donors (Lipinski definition) is 3. The highest BCUT2D eigenvalue weighted by atomic mass is 16.4. The van der Waals surface area contributed by atoms with Crippen LogP contribution in [0.3, 0.4) is 0 Å². The first-order valence-electron chi connectivity index (χ1n) is 5.84. The molecular formula is C13H19NO3. The third kappa shape index (κ3) is 2.77. The van der Waals surface area contributed by atoms with E-state index in [1.54, 1.807) is 12.1 Å². The van der Waals surface area contributed by atoms with Crippen molar-refractivity contribution < 1.29 is 15.0 Å². The SMILES string of the molecule is CCCNC(CC)(C(=O)O)c1ccc(O)cc1. The molecule has 0 spiro atoms. The van der Waals surface area contributed by atoms with Gasteiger partial charge in [0.2, 0.25) is 0 Å². The molecule has 0 saturated heterocycles. The van der Waals surface area contributed by atoms with Crippen LogP contribution in [0.4, 0.5) is 0 Å². The van der Waals surface area contributed by atoms with E-state index in [0.29, 0.717) is 18.5 Å². The lowest BCUT2D eigenvalue weighted by Gasteiger charge is -2.30. The molecule has 94 valence electrons. The number of phenolic OH excluding ortho intramolecular Hbond substituents is 1. The predicted octanol–water partition coefficient (Wildman–Crippen LogP) is 2.08. The van der Waals surface area contributed by atoms with Crippen LogP contribution in [0.15, 0.2) is 24.3 Å². The summed E-state index contributed by atoms with van der Waals surface area (Å²) >= 11 is 0. The van der Waals surface area contributed by atoms with Gasteiger partial charge >= 0.3 is 5.97 Å². The minimum Gasteiger partial charge on any atom is -0.508 e. The molecule has 0 radical (unpaired) electrons. The third-order valence-electron chi connectivity index (χ3n) is 2.93. The number of nitrogens with one attached hydrogen (secondary N) is 1. The summed E-state index contributed by atoms with van der Waals surface area (Å²) in [5.74, 6) is -0.751. The van der Waals surface area contributed by atoms with Crippen LogP contribution in [0.1, 0.15) is 32.3 Å². The Balaban J connectivity index is 3.12.